The minimum atomic E-state index is 0.658. The number of anilines is 1. The van der Waals surface area contributed by atoms with Crippen LogP contribution in [0.3, 0.4) is 0 Å². The number of nitrogens with one attached hydrogen (secondary N) is 1. The van der Waals surface area contributed by atoms with E-state index in [0.29, 0.717) is 5.92 Å². The summed E-state index contributed by atoms with van der Waals surface area (Å²) in [4.78, 5) is 5.86. The average Bonchev–Trinajstić information content (AvgIpc) is 2.92. The van der Waals surface area contributed by atoms with Crippen molar-refractivity contribution in [3.63, 3.8) is 0 Å². The van der Waals surface area contributed by atoms with Gasteiger partial charge in [0.2, 0.25) is 0 Å². The van der Waals surface area contributed by atoms with Crippen LogP contribution in [0.4, 0.5) is 5.69 Å². The van der Waals surface area contributed by atoms with E-state index in [1.165, 1.54) is 28.7 Å². The quantitative estimate of drug-likeness (QED) is 0.829. The molecule has 0 saturated carbocycles. The van der Waals surface area contributed by atoms with Crippen molar-refractivity contribution in [1.82, 2.24) is 4.98 Å². The summed E-state index contributed by atoms with van der Waals surface area (Å²) in [6.07, 6.45) is 1.22. The van der Waals surface area contributed by atoms with E-state index in [1.54, 1.807) is 0 Å². The van der Waals surface area contributed by atoms with Gasteiger partial charge in [-0.05, 0) is 44.0 Å². The van der Waals surface area contributed by atoms with Gasteiger partial charge in [-0.15, -0.1) is 0 Å². The van der Waals surface area contributed by atoms with E-state index in [-0.39, 0.29) is 0 Å². The number of aryl methyl sites for hydroxylation is 1. The summed E-state index contributed by atoms with van der Waals surface area (Å²) in [5.41, 5.74) is 9.56. The molecule has 0 bridgehead atoms. The zero-order valence-electron chi connectivity index (χ0n) is 10.2. The molecule has 0 aliphatic carbocycles. The van der Waals surface area contributed by atoms with Crippen molar-refractivity contribution in [3.05, 3.63) is 30.0 Å². The number of aromatic amines is 1. The Bertz CT molecular complexity index is 529. The largest absolute Gasteiger partial charge is 0.371 e. The van der Waals surface area contributed by atoms with Crippen LogP contribution in [0.5, 0.6) is 0 Å². The second kappa shape index (κ2) is 4.08. The number of aromatic nitrogens is 1. The maximum Gasteiger partial charge on any atom is 0.0477 e. The molecule has 1 saturated heterocycles. The van der Waals surface area contributed by atoms with Crippen LogP contribution >= 0.6 is 0 Å². The third-order valence-electron chi connectivity index (χ3n) is 3.74. The first kappa shape index (κ1) is 10.7. The first-order chi connectivity index (χ1) is 8.28. The van der Waals surface area contributed by atoms with Crippen molar-refractivity contribution in [2.24, 2.45) is 11.7 Å². The monoisotopic (exact) mass is 229 g/mol. The highest BCUT2D eigenvalue weighted by atomic mass is 15.2. The van der Waals surface area contributed by atoms with Crippen molar-refractivity contribution in [1.29, 1.82) is 0 Å². The van der Waals surface area contributed by atoms with Gasteiger partial charge in [-0.3, -0.25) is 0 Å². The molecule has 1 unspecified atom stereocenters. The minimum absolute atomic E-state index is 0.658. The standard InChI is InChI=1S/C14H19N3/c1-10-7-12-13(16-10)3-2-4-14(12)17-6-5-11(8-15)9-17/h2-4,7,11,16H,5-6,8-9,15H2,1H3. The molecule has 3 nitrogen and oxygen atoms in total. The number of H-pyrrole nitrogens is 1. The molecule has 1 fully saturated rings. The van der Waals surface area contributed by atoms with Gasteiger partial charge in [0.1, 0.15) is 0 Å². The fourth-order valence-electron chi connectivity index (χ4n) is 2.80. The van der Waals surface area contributed by atoms with Crippen LogP contribution in [-0.2, 0) is 0 Å². The smallest absolute Gasteiger partial charge is 0.0477 e. The third-order valence-corrected chi connectivity index (χ3v) is 3.74. The van der Waals surface area contributed by atoms with Crippen molar-refractivity contribution in [2.75, 3.05) is 24.5 Å². The zero-order valence-corrected chi connectivity index (χ0v) is 10.2. The average molecular weight is 229 g/mol. The molecule has 1 aliphatic rings. The van der Waals surface area contributed by atoms with E-state index in [9.17, 15) is 0 Å². The van der Waals surface area contributed by atoms with Crippen molar-refractivity contribution in [3.8, 4) is 0 Å². The summed E-state index contributed by atoms with van der Waals surface area (Å²) in [6, 6.07) is 8.72. The second-order valence-corrected chi connectivity index (χ2v) is 5.03. The van der Waals surface area contributed by atoms with E-state index in [4.69, 9.17) is 5.73 Å². The van der Waals surface area contributed by atoms with Crippen LogP contribution in [-0.4, -0.2) is 24.6 Å². The molecular weight excluding hydrogens is 210 g/mol. The van der Waals surface area contributed by atoms with Gasteiger partial charge in [0.05, 0.1) is 0 Å². The Labute approximate surface area is 102 Å². The molecule has 2 aromatic rings. The SMILES string of the molecule is Cc1cc2c(N3CCC(CN)C3)cccc2[nH]1. The third kappa shape index (κ3) is 1.80. The highest BCUT2D eigenvalue weighted by Crippen LogP contribution is 2.31. The number of rotatable bonds is 2. The Morgan fingerprint density at radius 3 is 3.12 bits per heavy atom. The number of hydrogen-bond acceptors (Lipinski definition) is 2. The second-order valence-electron chi connectivity index (χ2n) is 5.03. The van der Waals surface area contributed by atoms with E-state index in [2.05, 4.69) is 41.1 Å². The molecule has 3 heteroatoms. The van der Waals surface area contributed by atoms with E-state index >= 15 is 0 Å². The van der Waals surface area contributed by atoms with Gasteiger partial charge < -0.3 is 15.6 Å². The number of hydrogen-bond donors (Lipinski definition) is 2. The Hall–Kier alpha value is -1.48. The van der Waals surface area contributed by atoms with Crippen LogP contribution < -0.4 is 10.6 Å². The van der Waals surface area contributed by atoms with Crippen molar-refractivity contribution < 1.29 is 0 Å². The van der Waals surface area contributed by atoms with Gasteiger partial charge in [-0.2, -0.15) is 0 Å². The predicted molar refractivity (Wildman–Crippen MR) is 72.4 cm³/mol. The van der Waals surface area contributed by atoms with E-state index < -0.39 is 0 Å². The Morgan fingerprint density at radius 1 is 1.47 bits per heavy atom. The molecule has 0 amide bonds. The van der Waals surface area contributed by atoms with Gasteiger partial charge in [-0.25, -0.2) is 0 Å². The zero-order chi connectivity index (χ0) is 11.8. The highest BCUT2D eigenvalue weighted by molar-refractivity contribution is 5.93. The molecular formula is C14H19N3. The minimum Gasteiger partial charge on any atom is -0.371 e. The number of fused-ring (bicyclic) bond motifs is 1. The highest BCUT2D eigenvalue weighted by Gasteiger charge is 2.22. The number of nitrogens with zero attached hydrogens (tertiary/aromatic N) is 1. The summed E-state index contributed by atoms with van der Waals surface area (Å²) in [5.74, 6) is 0.658. The first-order valence-electron chi connectivity index (χ1n) is 6.31. The van der Waals surface area contributed by atoms with Crippen LogP contribution in [0.1, 0.15) is 12.1 Å². The molecule has 17 heavy (non-hydrogen) atoms. The lowest BCUT2D eigenvalue weighted by Crippen LogP contribution is -2.22. The lowest BCUT2D eigenvalue weighted by atomic mass is 10.1. The lowest BCUT2D eigenvalue weighted by Gasteiger charge is -2.19. The molecule has 90 valence electrons. The Morgan fingerprint density at radius 2 is 2.35 bits per heavy atom. The van der Waals surface area contributed by atoms with E-state index in [1.807, 2.05) is 0 Å². The molecule has 1 aliphatic heterocycles. The summed E-state index contributed by atoms with van der Waals surface area (Å²) in [6.45, 7) is 5.14. The van der Waals surface area contributed by atoms with E-state index in [0.717, 1.165) is 19.6 Å². The summed E-state index contributed by atoms with van der Waals surface area (Å²) in [5, 5.41) is 1.34. The fourth-order valence-corrected chi connectivity index (χ4v) is 2.80. The molecule has 0 spiro atoms. The molecule has 3 N–H and O–H groups in total. The van der Waals surface area contributed by atoms with Crippen LogP contribution in [0.2, 0.25) is 0 Å². The lowest BCUT2D eigenvalue weighted by molar-refractivity contribution is 0.603. The fraction of sp³-hybridized carbons (Fsp3) is 0.429. The van der Waals surface area contributed by atoms with Gasteiger partial charge >= 0.3 is 0 Å². The van der Waals surface area contributed by atoms with Gasteiger partial charge in [0, 0.05) is 35.4 Å². The maximum atomic E-state index is 5.76. The summed E-state index contributed by atoms with van der Waals surface area (Å²) >= 11 is 0. The van der Waals surface area contributed by atoms with Gasteiger partial charge in [-0.1, -0.05) is 6.07 Å². The molecule has 1 aromatic heterocycles. The Balaban J connectivity index is 2.00. The number of benzene rings is 1. The summed E-state index contributed by atoms with van der Waals surface area (Å²) < 4.78 is 0. The van der Waals surface area contributed by atoms with Crippen molar-refractivity contribution >= 4 is 16.6 Å². The van der Waals surface area contributed by atoms with Crippen molar-refractivity contribution in [2.45, 2.75) is 13.3 Å². The normalized spacial score (nSPS) is 20.4. The molecule has 1 atom stereocenters. The topological polar surface area (TPSA) is 45.0 Å². The molecule has 1 aromatic carbocycles. The van der Waals surface area contributed by atoms with Crippen LogP contribution in [0, 0.1) is 12.8 Å². The van der Waals surface area contributed by atoms with Crippen LogP contribution in [0.15, 0.2) is 24.3 Å². The predicted octanol–water partition coefficient (Wildman–Crippen LogP) is 2.26. The molecule has 2 heterocycles. The van der Waals surface area contributed by atoms with Gasteiger partial charge in [0.15, 0.2) is 0 Å². The number of nitrogens with two attached hydrogens (primary N) is 1. The maximum absolute atomic E-state index is 5.76. The van der Waals surface area contributed by atoms with Gasteiger partial charge in [0.25, 0.3) is 0 Å². The summed E-state index contributed by atoms with van der Waals surface area (Å²) in [7, 11) is 0. The Kier molecular flexibility index (Phi) is 2.56. The molecule has 0 radical (unpaired) electrons. The van der Waals surface area contributed by atoms with Crippen LogP contribution in [0.25, 0.3) is 10.9 Å². The first-order valence-corrected chi connectivity index (χ1v) is 6.31. The molecule has 3 rings (SSSR count).